The van der Waals surface area contributed by atoms with E-state index in [0.29, 0.717) is 23.5 Å². The Bertz CT molecular complexity index is 491. The molecule has 0 aromatic heterocycles. The number of carbonyl (C=O) groups is 1. The van der Waals surface area contributed by atoms with Crippen LogP contribution in [0.2, 0.25) is 0 Å². The molecule has 1 amide bonds. The van der Waals surface area contributed by atoms with Gasteiger partial charge >= 0.3 is 0 Å². The summed E-state index contributed by atoms with van der Waals surface area (Å²) in [7, 11) is 0. The smallest absolute Gasteiger partial charge is 0.246 e. The molecule has 0 spiro atoms. The van der Waals surface area contributed by atoms with Gasteiger partial charge in [0.1, 0.15) is 5.82 Å². The molecule has 0 radical (unpaired) electrons. The predicted octanol–water partition coefficient (Wildman–Crippen LogP) is 4.71. The van der Waals surface area contributed by atoms with Crippen molar-refractivity contribution in [2.24, 2.45) is 11.8 Å². The topological polar surface area (TPSA) is 49.3 Å². The Labute approximate surface area is 139 Å². The van der Waals surface area contributed by atoms with Crippen molar-refractivity contribution < 1.29 is 14.4 Å². The van der Waals surface area contributed by atoms with Crippen LogP contribution in [0.25, 0.3) is 0 Å². The number of halogens is 1. The average molecular weight is 323 g/mol. The number of hydroxylamine groups is 1. The molecule has 1 atom stereocenters. The van der Waals surface area contributed by atoms with Gasteiger partial charge in [-0.05, 0) is 49.3 Å². The first-order chi connectivity index (χ1) is 10.8. The minimum atomic E-state index is -0.353. The molecule has 0 saturated carbocycles. The van der Waals surface area contributed by atoms with Gasteiger partial charge in [0.25, 0.3) is 0 Å². The van der Waals surface area contributed by atoms with Crippen molar-refractivity contribution in [1.82, 2.24) is 5.48 Å². The van der Waals surface area contributed by atoms with E-state index < -0.39 is 0 Å². The van der Waals surface area contributed by atoms with Crippen LogP contribution in [0, 0.1) is 31.5 Å². The predicted molar refractivity (Wildman–Crippen MR) is 90.9 cm³/mol. The number of benzene rings is 1. The highest BCUT2D eigenvalue weighted by molar-refractivity contribution is 5.77. The third-order valence-corrected chi connectivity index (χ3v) is 4.29. The molecule has 0 aliphatic heterocycles. The molecule has 1 rings (SSSR count). The van der Waals surface area contributed by atoms with E-state index in [-0.39, 0.29) is 17.6 Å². The van der Waals surface area contributed by atoms with E-state index in [0.717, 1.165) is 24.8 Å². The maximum Gasteiger partial charge on any atom is 0.246 e. The van der Waals surface area contributed by atoms with E-state index in [4.69, 9.17) is 5.21 Å². The fourth-order valence-corrected chi connectivity index (χ4v) is 2.98. The Morgan fingerprint density at radius 3 is 2.22 bits per heavy atom. The van der Waals surface area contributed by atoms with Crippen molar-refractivity contribution in [3.63, 3.8) is 0 Å². The van der Waals surface area contributed by atoms with Gasteiger partial charge in [-0.2, -0.15) is 0 Å². The number of hydrogen-bond acceptors (Lipinski definition) is 2. The molecule has 0 aliphatic carbocycles. The lowest BCUT2D eigenvalue weighted by atomic mass is 9.91. The molecule has 0 saturated heterocycles. The molecule has 0 aliphatic rings. The fourth-order valence-electron chi connectivity index (χ4n) is 2.98. The molecule has 130 valence electrons. The monoisotopic (exact) mass is 323 g/mol. The summed E-state index contributed by atoms with van der Waals surface area (Å²) in [6.07, 6.45) is 5.68. The highest BCUT2D eigenvalue weighted by atomic mass is 19.1. The SMILES string of the molecule is Cc1cc(C[C@H](CCCCCC(C)C)C(=O)NO)cc(C)c1F. The zero-order valence-electron chi connectivity index (χ0n) is 14.8. The maximum absolute atomic E-state index is 13.7. The second-order valence-corrected chi connectivity index (χ2v) is 6.95. The van der Waals surface area contributed by atoms with Crippen LogP contribution in [0.15, 0.2) is 12.1 Å². The van der Waals surface area contributed by atoms with Crippen molar-refractivity contribution in [2.75, 3.05) is 0 Å². The normalized spacial score (nSPS) is 12.5. The van der Waals surface area contributed by atoms with Crippen molar-refractivity contribution in [3.05, 3.63) is 34.6 Å². The second-order valence-electron chi connectivity index (χ2n) is 6.95. The summed E-state index contributed by atoms with van der Waals surface area (Å²) in [6.45, 7) is 7.89. The van der Waals surface area contributed by atoms with Crippen LogP contribution in [0.5, 0.6) is 0 Å². The summed E-state index contributed by atoms with van der Waals surface area (Å²) < 4.78 is 13.7. The lowest BCUT2D eigenvalue weighted by Gasteiger charge is -2.16. The van der Waals surface area contributed by atoms with Crippen LogP contribution < -0.4 is 5.48 Å². The maximum atomic E-state index is 13.7. The Morgan fingerprint density at radius 1 is 1.13 bits per heavy atom. The molecule has 0 heterocycles. The molecule has 23 heavy (non-hydrogen) atoms. The van der Waals surface area contributed by atoms with Crippen molar-refractivity contribution >= 4 is 5.91 Å². The Hall–Kier alpha value is -1.42. The van der Waals surface area contributed by atoms with Crippen LogP contribution in [0.1, 0.15) is 62.6 Å². The quantitative estimate of drug-likeness (QED) is 0.393. The van der Waals surface area contributed by atoms with Gasteiger partial charge in [0.05, 0.1) is 0 Å². The van der Waals surface area contributed by atoms with Gasteiger partial charge in [0, 0.05) is 5.92 Å². The van der Waals surface area contributed by atoms with Gasteiger partial charge in [-0.3, -0.25) is 10.0 Å². The molecule has 2 N–H and O–H groups in total. The minimum absolute atomic E-state index is 0.189. The molecular formula is C19H30FNO2. The van der Waals surface area contributed by atoms with Crippen LogP contribution in [-0.4, -0.2) is 11.1 Å². The van der Waals surface area contributed by atoms with Crippen LogP contribution in [0.4, 0.5) is 4.39 Å². The third-order valence-electron chi connectivity index (χ3n) is 4.29. The number of unbranched alkanes of at least 4 members (excludes halogenated alkanes) is 2. The molecule has 0 fully saturated rings. The van der Waals surface area contributed by atoms with E-state index in [1.165, 1.54) is 12.8 Å². The Balaban J connectivity index is 2.63. The van der Waals surface area contributed by atoms with E-state index in [1.54, 1.807) is 31.5 Å². The van der Waals surface area contributed by atoms with Gasteiger partial charge in [-0.1, -0.05) is 51.7 Å². The molecule has 4 heteroatoms. The van der Waals surface area contributed by atoms with Gasteiger partial charge in [0.2, 0.25) is 5.91 Å². The molecule has 1 aromatic rings. The third kappa shape index (κ3) is 6.69. The van der Waals surface area contributed by atoms with Gasteiger partial charge in [-0.15, -0.1) is 0 Å². The van der Waals surface area contributed by atoms with Crippen LogP contribution >= 0.6 is 0 Å². The molecule has 0 bridgehead atoms. The first-order valence-electron chi connectivity index (χ1n) is 8.54. The standard InChI is InChI=1S/C19H30FNO2/c1-13(2)8-6-5-7-9-17(19(22)21-23)12-16-10-14(3)18(20)15(4)11-16/h10-11,13,17,23H,5-9,12H2,1-4H3,(H,21,22)/t17-/m0/s1. The lowest BCUT2D eigenvalue weighted by Crippen LogP contribution is -2.29. The van der Waals surface area contributed by atoms with Crippen LogP contribution in [-0.2, 0) is 11.2 Å². The first kappa shape index (κ1) is 19.6. The van der Waals surface area contributed by atoms with Crippen molar-refractivity contribution in [3.8, 4) is 0 Å². The highest BCUT2D eigenvalue weighted by Gasteiger charge is 2.19. The van der Waals surface area contributed by atoms with Gasteiger partial charge in [-0.25, -0.2) is 9.87 Å². The van der Waals surface area contributed by atoms with E-state index in [2.05, 4.69) is 13.8 Å². The Morgan fingerprint density at radius 2 is 1.70 bits per heavy atom. The van der Waals surface area contributed by atoms with E-state index in [9.17, 15) is 9.18 Å². The van der Waals surface area contributed by atoms with Crippen LogP contribution in [0.3, 0.4) is 0 Å². The lowest BCUT2D eigenvalue weighted by molar-refractivity contribution is -0.133. The molecule has 3 nitrogen and oxygen atoms in total. The van der Waals surface area contributed by atoms with E-state index in [1.807, 2.05) is 0 Å². The first-order valence-corrected chi connectivity index (χ1v) is 8.54. The summed E-state index contributed by atoms with van der Waals surface area (Å²) >= 11 is 0. The summed E-state index contributed by atoms with van der Waals surface area (Å²) in [6, 6.07) is 3.58. The van der Waals surface area contributed by atoms with E-state index >= 15 is 0 Å². The summed E-state index contributed by atoms with van der Waals surface area (Å²) in [5, 5.41) is 8.95. The highest BCUT2D eigenvalue weighted by Crippen LogP contribution is 2.21. The summed E-state index contributed by atoms with van der Waals surface area (Å²) in [5.41, 5.74) is 3.91. The zero-order chi connectivity index (χ0) is 17.4. The molecular weight excluding hydrogens is 293 g/mol. The minimum Gasteiger partial charge on any atom is -0.289 e. The number of hydrogen-bond donors (Lipinski definition) is 2. The van der Waals surface area contributed by atoms with Crippen molar-refractivity contribution in [2.45, 2.75) is 66.2 Å². The fraction of sp³-hybridized carbons (Fsp3) is 0.632. The van der Waals surface area contributed by atoms with Gasteiger partial charge in [0.15, 0.2) is 0 Å². The van der Waals surface area contributed by atoms with Gasteiger partial charge < -0.3 is 0 Å². The van der Waals surface area contributed by atoms with Crippen molar-refractivity contribution in [1.29, 1.82) is 0 Å². The summed E-state index contributed by atoms with van der Waals surface area (Å²) in [4.78, 5) is 11.9. The number of nitrogens with one attached hydrogen (secondary N) is 1. The number of aryl methyl sites for hydroxylation is 2. The summed E-state index contributed by atoms with van der Waals surface area (Å²) in [5.74, 6) is -0.112. The zero-order valence-corrected chi connectivity index (χ0v) is 14.8. The molecule has 0 unspecified atom stereocenters. The Kier molecular flexibility index (Phi) is 8.24. The molecule has 1 aromatic carbocycles. The number of amides is 1. The number of rotatable bonds is 9. The average Bonchev–Trinajstić information content (AvgIpc) is 2.49. The second kappa shape index (κ2) is 9.66. The number of carbonyl (C=O) groups excluding carboxylic acids is 1. The largest absolute Gasteiger partial charge is 0.289 e.